The number of nitrogens with one attached hydrogen (secondary N) is 1. The van der Waals surface area contributed by atoms with E-state index in [1.54, 1.807) is 0 Å². The van der Waals surface area contributed by atoms with E-state index in [-0.39, 0.29) is 41.8 Å². The summed E-state index contributed by atoms with van der Waals surface area (Å²) in [5, 5.41) is 6.97. The molecule has 0 aliphatic heterocycles. The van der Waals surface area contributed by atoms with E-state index in [0.717, 1.165) is 0 Å². The number of nitrogens with two attached hydrogens (primary N) is 1. The van der Waals surface area contributed by atoms with Crippen LogP contribution in [-0.2, 0) is 11.0 Å². The minimum absolute atomic E-state index is 0. The zero-order chi connectivity index (χ0) is 11.5. The summed E-state index contributed by atoms with van der Waals surface area (Å²) < 4.78 is 36.2. The lowest BCUT2D eigenvalue weighted by atomic mass is 10.4. The highest BCUT2D eigenvalue weighted by Crippen LogP contribution is 2.32. The Morgan fingerprint density at radius 2 is 2.06 bits per heavy atom. The molecular weight excluding hydrogens is 269 g/mol. The number of amides is 1. The molecule has 92 valence electrons. The number of aromatic nitrogens is 2. The van der Waals surface area contributed by atoms with Gasteiger partial charge in [0.25, 0.3) is 0 Å². The molecule has 1 rings (SSSR count). The molecule has 0 aliphatic carbocycles. The van der Waals surface area contributed by atoms with Crippen molar-refractivity contribution in [2.24, 2.45) is 5.73 Å². The highest BCUT2D eigenvalue weighted by Gasteiger charge is 2.35. The maximum Gasteiger partial charge on any atom is 0.445 e. The van der Waals surface area contributed by atoms with Gasteiger partial charge in [0.1, 0.15) is 0 Å². The summed E-state index contributed by atoms with van der Waals surface area (Å²) in [7, 11) is 0. The van der Waals surface area contributed by atoms with Gasteiger partial charge in [-0.15, -0.1) is 22.6 Å². The van der Waals surface area contributed by atoms with Crippen molar-refractivity contribution in [1.29, 1.82) is 0 Å². The minimum atomic E-state index is -4.53. The molecule has 0 saturated carbocycles. The van der Waals surface area contributed by atoms with Crippen LogP contribution in [0.25, 0.3) is 0 Å². The molecule has 0 aliphatic rings. The molecule has 1 aromatic rings. The molecule has 3 N–H and O–H groups in total. The van der Waals surface area contributed by atoms with Crippen LogP contribution in [0.15, 0.2) is 0 Å². The summed E-state index contributed by atoms with van der Waals surface area (Å²) in [5.41, 5.74) is 5.08. The molecule has 0 saturated heterocycles. The summed E-state index contributed by atoms with van der Waals surface area (Å²) >= 11 is 0.274. The number of alkyl halides is 3. The fourth-order valence-electron chi connectivity index (χ4n) is 0.701. The van der Waals surface area contributed by atoms with E-state index >= 15 is 0 Å². The van der Waals surface area contributed by atoms with Crippen LogP contribution in [0.4, 0.5) is 18.3 Å². The first kappa shape index (κ1) is 15.1. The monoisotopic (exact) mass is 276 g/mol. The van der Waals surface area contributed by atoms with Gasteiger partial charge in [0, 0.05) is 13.0 Å². The van der Waals surface area contributed by atoms with Crippen molar-refractivity contribution in [3.63, 3.8) is 0 Å². The zero-order valence-electron chi connectivity index (χ0n) is 7.74. The average molecular weight is 277 g/mol. The molecule has 0 spiro atoms. The van der Waals surface area contributed by atoms with Crippen LogP contribution in [-0.4, -0.2) is 22.6 Å². The Kier molecular flexibility index (Phi) is 5.62. The van der Waals surface area contributed by atoms with E-state index in [0.29, 0.717) is 0 Å². The number of carbonyl (C=O) groups is 1. The van der Waals surface area contributed by atoms with Gasteiger partial charge in [-0.05, 0) is 0 Å². The number of halogens is 4. The molecule has 0 aromatic carbocycles. The van der Waals surface area contributed by atoms with Gasteiger partial charge in [-0.1, -0.05) is 11.3 Å². The van der Waals surface area contributed by atoms with Crippen LogP contribution >= 0.6 is 23.7 Å². The Morgan fingerprint density at radius 1 is 1.44 bits per heavy atom. The lowest BCUT2D eigenvalue weighted by Crippen LogP contribution is -2.15. The SMILES string of the molecule is Cl.NCCC(=O)Nc1nnc(C(F)(F)F)s1. The van der Waals surface area contributed by atoms with E-state index in [1.165, 1.54) is 0 Å². The highest BCUT2D eigenvalue weighted by atomic mass is 35.5. The third-order valence-electron chi connectivity index (χ3n) is 1.29. The van der Waals surface area contributed by atoms with Crippen LogP contribution < -0.4 is 11.1 Å². The van der Waals surface area contributed by atoms with Gasteiger partial charge in [-0.3, -0.25) is 4.79 Å². The van der Waals surface area contributed by atoms with E-state index in [2.05, 4.69) is 15.5 Å². The largest absolute Gasteiger partial charge is 0.445 e. The topological polar surface area (TPSA) is 80.9 Å². The van der Waals surface area contributed by atoms with E-state index in [1.807, 2.05) is 0 Å². The molecule has 0 atom stereocenters. The van der Waals surface area contributed by atoms with Gasteiger partial charge in [0.15, 0.2) is 0 Å². The van der Waals surface area contributed by atoms with Crippen LogP contribution in [0, 0.1) is 0 Å². The van der Waals surface area contributed by atoms with Gasteiger partial charge in [-0.25, -0.2) is 0 Å². The maximum atomic E-state index is 12.1. The summed E-state index contributed by atoms with van der Waals surface area (Å²) in [6.07, 6.45) is -4.50. The van der Waals surface area contributed by atoms with Gasteiger partial charge >= 0.3 is 6.18 Å². The molecule has 1 amide bonds. The first-order valence-corrected chi connectivity index (χ1v) is 4.65. The van der Waals surface area contributed by atoms with Gasteiger partial charge < -0.3 is 11.1 Å². The molecular formula is C6H8ClF3N4OS. The predicted molar refractivity (Wildman–Crippen MR) is 54.5 cm³/mol. The molecule has 0 unspecified atom stereocenters. The van der Waals surface area contributed by atoms with Crippen LogP contribution in [0.2, 0.25) is 0 Å². The van der Waals surface area contributed by atoms with Crippen molar-refractivity contribution < 1.29 is 18.0 Å². The van der Waals surface area contributed by atoms with E-state index in [9.17, 15) is 18.0 Å². The fourth-order valence-corrected chi connectivity index (χ4v) is 1.33. The van der Waals surface area contributed by atoms with Crippen molar-refractivity contribution in [1.82, 2.24) is 10.2 Å². The summed E-state index contributed by atoms with van der Waals surface area (Å²) in [5.74, 6) is -0.484. The molecule has 0 bridgehead atoms. The Hall–Kier alpha value is -0.930. The molecule has 0 radical (unpaired) electrons. The van der Waals surface area contributed by atoms with Gasteiger partial charge in [0.05, 0.1) is 0 Å². The minimum Gasteiger partial charge on any atom is -0.330 e. The van der Waals surface area contributed by atoms with Crippen LogP contribution in [0.5, 0.6) is 0 Å². The van der Waals surface area contributed by atoms with Crippen molar-refractivity contribution >= 4 is 34.8 Å². The summed E-state index contributed by atoms with van der Waals surface area (Å²) in [4.78, 5) is 10.9. The Bertz CT molecular complexity index is 356. The molecule has 5 nitrogen and oxygen atoms in total. The normalized spacial score (nSPS) is 10.8. The van der Waals surface area contributed by atoms with Crippen molar-refractivity contribution in [3.05, 3.63) is 5.01 Å². The predicted octanol–water partition coefficient (Wildman–Crippen LogP) is 1.27. The number of carbonyl (C=O) groups excluding carboxylic acids is 1. The van der Waals surface area contributed by atoms with Crippen molar-refractivity contribution in [3.8, 4) is 0 Å². The van der Waals surface area contributed by atoms with E-state index in [4.69, 9.17) is 5.73 Å². The second-order valence-electron chi connectivity index (χ2n) is 2.50. The number of hydrogen-bond acceptors (Lipinski definition) is 5. The lowest BCUT2D eigenvalue weighted by molar-refractivity contribution is -0.138. The third-order valence-corrected chi connectivity index (χ3v) is 2.17. The fraction of sp³-hybridized carbons (Fsp3) is 0.500. The molecule has 1 aromatic heterocycles. The van der Waals surface area contributed by atoms with Crippen molar-refractivity contribution in [2.45, 2.75) is 12.6 Å². The second-order valence-corrected chi connectivity index (χ2v) is 3.47. The third kappa shape index (κ3) is 4.29. The highest BCUT2D eigenvalue weighted by molar-refractivity contribution is 7.15. The molecule has 16 heavy (non-hydrogen) atoms. The standard InChI is InChI=1S/C6H7F3N4OS.ClH/c7-6(8,9)4-12-13-5(15-4)11-3(14)1-2-10;/h1-2,10H2,(H,11,13,14);1H. The first-order chi connectivity index (χ1) is 6.93. The first-order valence-electron chi connectivity index (χ1n) is 3.84. The number of hydrogen-bond donors (Lipinski definition) is 2. The average Bonchev–Trinajstić information content (AvgIpc) is 2.52. The van der Waals surface area contributed by atoms with Gasteiger partial charge in [0.2, 0.25) is 16.0 Å². The number of nitrogens with zero attached hydrogens (tertiary/aromatic N) is 2. The Morgan fingerprint density at radius 3 is 2.50 bits per heavy atom. The maximum absolute atomic E-state index is 12.1. The molecule has 0 fully saturated rings. The molecule has 10 heteroatoms. The lowest BCUT2D eigenvalue weighted by Gasteiger charge is -1.98. The number of anilines is 1. The second kappa shape index (κ2) is 5.97. The van der Waals surface area contributed by atoms with Crippen LogP contribution in [0.1, 0.15) is 11.4 Å². The quantitative estimate of drug-likeness (QED) is 0.871. The van der Waals surface area contributed by atoms with Gasteiger partial charge in [-0.2, -0.15) is 13.2 Å². The van der Waals surface area contributed by atoms with Crippen molar-refractivity contribution in [2.75, 3.05) is 11.9 Å². The Labute approximate surface area is 98.6 Å². The number of rotatable bonds is 3. The van der Waals surface area contributed by atoms with Crippen LogP contribution in [0.3, 0.4) is 0 Å². The summed E-state index contributed by atoms with van der Waals surface area (Å²) in [6.45, 7) is 0.122. The zero-order valence-corrected chi connectivity index (χ0v) is 9.38. The smallest absolute Gasteiger partial charge is 0.330 e. The molecule has 1 heterocycles. The van der Waals surface area contributed by atoms with E-state index < -0.39 is 17.1 Å². The Balaban J connectivity index is 0.00000225. The summed E-state index contributed by atoms with van der Waals surface area (Å²) in [6, 6.07) is 0.